The lowest BCUT2D eigenvalue weighted by Crippen LogP contribution is -2.45. The minimum absolute atomic E-state index is 0.0116. The molecule has 67 heavy (non-hydrogen) atoms. The van der Waals surface area contributed by atoms with E-state index in [1.165, 1.54) is 180 Å². The van der Waals surface area contributed by atoms with Crippen LogP contribution in [0, 0.1) is 0 Å². The highest BCUT2D eigenvalue weighted by Crippen LogP contribution is 2.38. The first kappa shape index (κ1) is 65.2. The molecular formula is C58H109N2O6P. The van der Waals surface area contributed by atoms with Gasteiger partial charge in [0, 0.05) is 6.42 Å². The van der Waals surface area contributed by atoms with Crippen molar-refractivity contribution in [3.8, 4) is 0 Å². The summed E-state index contributed by atoms with van der Waals surface area (Å²) in [6, 6.07) is -0.915. The summed E-state index contributed by atoms with van der Waals surface area (Å²) in [6.45, 7) is 4.61. The van der Waals surface area contributed by atoms with E-state index in [-0.39, 0.29) is 12.5 Å². The molecule has 0 aromatic heterocycles. The number of carbonyl (C=O) groups is 1. The number of likely N-dealkylation sites (N-methyl/N-ethyl adjacent to an activating group) is 1. The fraction of sp³-hybridized carbons (Fsp3) is 0.810. The first-order valence-electron chi connectivity index (χ1n) is 28.2. The maximum atomic E-state index is 12.9. The van der Waals surface area contributed by atoms with Crippen molar-refractivity contribution in [2.24, 2.45) is 0 Å². The lowest BCUT2D eigenvalue weighted by atomic mass is 10.0. The van der Waals surface area contributed by atoms with Crippen molar-refractivity contribution in [1.29, 1.82) is 0 Å². The second kappa shape index (κ2) is 49.2. The summed E-state index contributed by atoms with van der Waals surface area (Å²) in [5, 5.41) is 13.8. The number of phosphoric acid groups is 1. The number of unbranched alkanes of at least 4 members (excludes halogenated alkanes) is 30. The van der Waals surface area contributed by atoms with Crippen molar-refractivity contribution in [2.75, 3.05) is 40.9 Å². The maximum Gasteiger partial charge on any atom is 0.268 e. The molecule has 8 nitrogen and oxygen atoms in total. The van der Waals surface area contributed by atoms with Crippen LogP contribution in [0.5, 0.6) is 0 Å². The van der Waals surface area contributed by atoms with Crippen LogP contribution in [0.25, 0.3) is 0 Å². The first-order valence-corrected chi connectivity index (χ1v) is 29.6. The zero-order valence-electron chi connectivity index (χ0n) is 44.6. The number of nitrogens with one attached hydrogen (secondary N) is 1. The van der Waals surface area contributed by atoms with Crippen LogP contribution >= 0.6 is 7.82 Å². The number of aliphatic hydroxyl groups is 1. The minimum atomic E-state index is -4.61. The van der Waals surface area contributed by atoms with Gasteiger partial charge in [-0.2, -0.15) is 0 Å². The van der Waals surface area contributed by atoms with Gasteiger partial charge in [0.1, 0.15) is 13.2 Å². The van der Waals surface area contributed by atoms with Crippen LogP contribution < -0.4 is 10.2 Å². The third-order valence-corrected chi connectivity index (χ3v) is 13.4. The Morgan fingerprint density at radius 1 is 0.522 bits per heavy atom. The largest absolute Gasteiger partial charge is 0.756 e. The second-order valence-electron chi connectivity index (χ2n) is 20.3. The van der Waals surface area contributed by atoms with E-state index < -0.39 is 26.6 Å². The minimum Gasteiger partial charge on any atom is -0.756 e. The van der Waals surface area contributed by atoms with E-state index in [0.717, 1.165) is 51.4 Å². The summed E-state index contributed by atoms with van der Waals surface area (Å²) in [7, 11) is 1.23. The molecule has 0 aliphatic rings. The average Bonchev–Trinajstić information content (AvgIpc) is 3.29. The molecule has 0 rings (SSSR count). The number of carbonyl (C=O) groups excluding carboxylic acids is 1. The molecule has 3 unspecified atom stereocenters. The third kappa shape index (κ3) is 51.9. The zero-order valence-corrected chi connectivity index (χ0v) is 45.5. The monoisotopic (exact) mass is 961 g/mol. The molecule has 0 radical (unpaired) electrons. The van der Waals surface area contributed by atoms with Crippen molar-refractivity contribution in [2.45, 2.75) is 264 Å². The van der Waals surface area contributed by atoms with E-state index in [1.54, 1.807) is 6.08 Å². The molecule has 392 valence electrons. The number of nitrogens with zero attached hydrogens (tertiary/aromatic N) is 1. The highest BCUT2D eigenvalue weighted by atomic mass is 31.2. The van der Waals surface area contributed by atoms with Crippen LogP contribution in [0.15, 0.2) is 60.8 Å². The summed E-state index contributed by atoms with van der Waals surface area (Å²) < 4.78 is 23.3. The summed E-state index contributed by atoms with van der Waals surface area (Å²) in [4.78, 5) is 25.5. The fourth-order valence-corrected chi connectivity index (χ4v) is 8.70. The summed E-state index contributed by atoms with van der Waals surface area (Å²) in [6.07, 6.45) is 65.8. The Labute approximate surface area is 415 Å². The Bertz CT molecular complexity index is 1270. The topological polar surface area (TPSA) is 108 Å². The molecule has 1 amide bonds. The molecule has 2 N–H and O–H groups in total. The van der Waals surface area contributed by atoms with Crippen LogP contribution in [0.4, 0.5) is 0 Å². The van der Waals surface area contributed by atoms with Crippen LogP contribution in [-0.2, 0) is 18.4 Å². The lowest BCUT2D eigenvalue weighted by molar-refractivity contribution is -0.870. The summed E-state index contributed by atoms with van der Waals surface area (Å²) in [5.74, 6) is -0.216. The molecule has 0 aromatic carbocycles. The number of hydrogen-bond acceptors (Lipinski definition) is 6. The number of phosphoric ester groups is 1. The SMILES string of the molecule is CCCCC/C=C\C/C=C\CCCCCCCCCCCC(=O)NC(COP(=O)([O-])OCC[N+](C)(C)C)C(O)/C=C/CC/C=C/CC/C=C/CCCCCCCCCCCCCCCCCC. The van der Waals surface area contributed by atoms with Crippen LogP contribution in [0.2, 0.25) is 0 Å². The molecule has 3 atom stereocenters. The van der Waals surface area contributed by atoms with Crippen LogP contribution in [-0.4, -0.2) is 68.5 Å². The second-order valence-corrected chi connectivity index (χ2v) is 21.7. The van der Waals surface area contributed by atoms with Gasteiger partial charge in [-0.15, -0.1) is 0 Å². The highest BCUT2D eigenvalue weighted by Gasteiger charge is 2.23. The van der Waals surface area contributed by atoms with Gasteiger partial charge in [0.2, 0.25) is 5.91 Å². The molecule has 0 spiro atoms. The van der Waals surface area contributed by atoms with E-state index >= 15 is 0 Å². The van der Waals surface area contributed by atoms with Gasteiger partial charge in [0.25, 0.3) is 7.82 Å². The molecule has 0 aliphatic carbocycles. The Morgan fingerprint density at radius 2 is 0.881 bits per heavy atom. The zero-order chi connectivity index (χ0) is 49.2. The van der Waals surface area contributed by atoms with Crippen molar-refractivity contribution in [3.63, 3.8) is 0 Å². The Hall–Kier alpha value is -1.80. The van der Waals surface area contributed by atoms with Gasteiger partial charge in [-0.3, -0.25) is 9.36 Å². The number of hydrogen-bond donors (Lipinski definition) is 2. The molecular weight excluding hydrogens is 852 g/mol. The van der Waals surface area contributed by atoms with Crippen molar-refractivity contribution in [3.05, 3.63) is 60.8 Å². The smallest absolute Gasteiger partial charge is 0.268 e. The van der Waals surface area contributed by atoms with Crippen LogP contribution in [0.1, 0.15) is 251 Å². The van der Waals surface area contributed by atoms with Gasteiger partial charge >= 0.3 is 0 Å². The molecule has 0 bridgehead atoms. The molecule has 0 heterocycles. The van der Waals surface area contributed by atoms with Gasteiger partial charge in [0.05, 0.1) is 39.9 Å². The normalized spacial score (nSPS) is 14.4. The van der Waals surface area contributed by atoms with E-state index in [2.05, 4.69) is 67.8 Å². The molecule has 0 aromatic rings. The van der Waals surface area contributed by atoms with Crippen molar-refractivity contribution >= 4 is 13.7 Å². The highest BCUT2D eigenvalue weighted by molar-refractivity contribution is 7.45. The van der Waals surface area contributed by atoms with Gasteiger partial charge in [-0.1, -0.05) is 229 Å². The van der Waals surface area contributed by atoms with E-state index in [4.69, 9.17) is 9.05 Å². The van der Waals surface area contributed by atoms with E-state index in [0.29, 0.717) is 17.4 Å². The predicted molar refractivity (Wildman–Crippen MR) is 288 cm³/mol. The summed E-state index contributed by atoms with van der Waals surface area (Å²) in [5.41, 5.74) is 0. The Morgan fingerprint density at radius 3 is 1.33 bits per heavy atom. The first-order chi connectivity index (χ1) is 32.5. The summed E-state index contributed by atoms with van der Waals surface area (Å²) >= 11 is 0. The van der Waals surface area contributed by atoms with Gasteiger partial charge in [-0.25, -0.2) is 0 Å². The number of amides is 1. The molecule has 9 heteroatoms. The van der Waals surface area contributed by atoms with Gasteiger partial charge in [0.15, 0.2) is 0 Å². The fourth-order valence-electron chi connectivity index (χ4n) is 7.98. The average molecular weight is 961 g/mol. The number of rotatable bonds is 51. The Kier molecular flexibility index (Phi) is 47.9. The van der Waals surface area contributed by atoms with Crippen molar-refractivity contribution in [1.82, 2.24) is 5.32 Å². The Balaban J connectivity index is 4.31. The molecule has 0 saturated heterocycles. The van der Waals surface area contributed by atoms with E-state index in [1.807, 2.05) is 27.2 Å². The lowest BCUT2D eigenvalue weighted by Gasteiger charge is -2.29. The number of quaternary nitrogens is 1. The molecule has 0 fully saturated rings. The van der Waals surface area contributed by atoms with E-state index in [9.17, 15) is 19.4 Å². The quantitative estimate of drug-likeness (QED) is 0.0272. The third-order valence-electron chi connectivity index (χ3n) is 12.4. The maximum absolute atomic E-state index is 12.9. The number of aliphatic hydroxyl groups excluding tert-OH is 1. The predicted octanol–water partition coefficient (Wildman–Crippen LogP) is 16.3. The van der Waals surface area contributed by atoms with Crippen molar-refractivity contribution < 1.29 is 32.9 Å². The number of allylic oxidation sites excluding steroid dienone is 9. The standard InChI is InChI=1S/C58H109N2O6P/c1-6-8-10-12-14-16-18-20-22-24-26-27-28-29-30-31-32-34-35-37-39-41-43-45-47-49-51-57(61)56(55-66-67(63,64)65-54-53-60(3,4)5)59-58(62)52-50-48-46-44-42-40-38-36-33-25-23-21-19-17-15-13-11-9-7-2/h15,17,21,23,34-35,41,43,49,51,56-57,61H,6-14,16,18-20,22,24-33,36-40,42,44-48,50,52-55H2,1-5H3,(H-,59,62,63,64)/b17-15-,23-21-,35-34+,43-41+,51-49+. The van der Waals surface area contributed by atoms with Crippen LogP contribution in [0.3, 0.4) is 0 Å². The van der Waals surface area contributed by atoms with Gasteiger partial charge < -0.3 is 28.8 Å². The molecule has 0 aliphatic heterocycles. The molecule has 0 saturated carbocycles. The van der Waals surface area contributed by atoms with Gasteiger partial charge in [-0.05, 0) is 77.0 Å².